The molecule has 0 unspecified atom stereocenters. The summed E-state index contributed by atoms with van der Waals surface area (Å²) < 4.78 is 0. The smallest absolute Gasteiger partial charge is 0.225 e. The summed E-state index contributed by atoms with van der Waals surface area (Å²) >= 11 is 7.50. The summed E-state index contributed by atoms with van der Waals surface area (Å²) in [6.45, 7) is 0. The van der Waals surface area contributed by atoms with Crippen molar-refractivity contribution in [2.45, 2.75) is 9.92 Å². The zero-order valence-electron chi connectivity index (χ0n) is 10.7. The number of benzene rings is 2. The minimum atomic E-state index is 0.206. The zero-order chi connectivity index (χ0) is 14.2. The van der Waals surface area contributed by atoms with Crippen LogP contribution in [0.25, 0.3) is 21.9 Å². The fourth-order valence-electron chi connectivity index (χ4n) is 2.20. The standard InChI is InChI=1S/C15H9ClN4S/c16-15-19-13-12(17-8-18-13)14(20-15)21-11-6-5-9-3-1-2-4-10(9)7-11/h1-8H,(H,17,18,19,20). The summed E-state index contributed by atoms with van der Waals surface area (Å²) in [5.74, 6) is 0. The minimum Gasteiger partial charge on any atom is -0.341 e. The van der Waals surface area contributed by atoms with Gasteiger partial charge in [-0.05, 0) is 34.5 Å². The van der Waals surface area contributed by atoms with Crippen molar-refractivity contribution >= 4 is 45.3 Å². The molecule has 0 fully saturated rings. The number of nitrogens with one attached hydrogen (secondary N) is 1. The number of hydrogen-bond acceptors (Lipinski definition) is 4. The lowest BCUT2D eigenvalue weighted by molar-refractivity contribution is 1.09. The van der Waals surface area contributed by atoms with E-state index in [1.165, 1.54) is 10.8 Å². The van der Waals surface area contributed by atoms with Gasteiger partial charge in [0, 0.05) is 4.90 Å². The first-order chi connectivity index (χ1) is 10.3. The van der Waals surface area contributed by atoms with E-state index in [1.54, 1.807) is 18.1 Å². The topological polar surface area (TPSA) is 54.5 Å². The molecule has 21 heavy (non-hydrogen) atoms. The third-order valence-electron chi connectivity index (χ3n) is 3.16. The van der Waals surface area contributed by atoms with E-state index in [-0.39, 0.29) is 5.28 Å². The number of aromatic amines is 1. The van der Waals surface area contributed by atoms with Crippen molar-refractivity contribution in [2.24, 2.45) is 0 Å². The molecule has 102 valence electrons. The first-order valence-electron chi connectivity index (χ1n) is 6.33. The van der Waals surface area contributed by atoms with Gasteiger partial charge in [-0.1, -0.05) is 42.1 Å². The third kappa shape index (κ3) is 2.34. The van der Waals surface area contributed by atoms with Crippen molar-refractivity contribution in [1.82, 2.24) is 19.9 Å². The lowest BCUT2D eigenvalue weighted by atomic mass is 10.1. The Kier molecular flexibility index (Phi) is 3.02. The maximum Gasteiger partial charge on any atom is 0.225 e. The minimum absolute atomic E-state index is 0.206. The van der Waals surface area contributed by atoms with E-state index >= 15 is 0 Å². The second kappa shape index (κ2) is 5.02. The van der Waals surface area contributed by atoms with Crippen molar-refractivity contribution in [3.8, 4) is 0 Å². The number of nitrogens with zero attached hydrogens (tertiary/aromatic N) is 3. The van der Waals surface area contributed by atoms with Crippen LogP contribution in [0.1, 0.15) is 0 Å². The fourth-order valence-corrected chi connectivity index (χ4v) is 3.34. The molecule has 2 aromatic heterocycles. The normalized spacial score (nSPS) is 11.3. The molecule has 1 N–H and O–H groups in total. The number of hydrogen-bond donors (Lipinski definition) is 1. The summed E-state index contributed by atoms with van der Waals surface area (Å²) in [7, 11) is 0. The number of fused-ring (bicyclic) bond motifs is 2. The largest absolute Gasteiger partial charge is 0.341 e. The van der Waals surface area contributed by atoms with Crippen LogP contribution in [-0.4, -0.2) is 19.9 Å². The Morgan fingerprint density at radius 2 is 1.86 bits per heavy atom. The molecule has 0 spiro atoms. The lowest BCUT2D eigenvalue weighted by Gasteiger charge is -2.04. The molecule has 6 heteroatoms. The van der Waals surface area contributed by atoms with Crippen molar-refractivity contribution in [2.75, 3.05) is 0 Å². The molecule has 0 aliphatic carbocycles. The highest BCUT2D eigenvalue weighted by Gasteiger charge is 2.10. The van der Waals surface area contributed by atoms with Crippen molar-refractivity contribution in [1.29, 1.82) is 0 Å². The highest BCUT2D eigenvalue weighted by atomic mass is 35.5. The van der Waals surface area contributed by atoms with Gasteiger partial charge >= 0.3 is 0 Å². The van der Waals surface area contributed by atoms with Crippen molar-refractivity contribution in [3.63, 3.8) is 0 Å². The Balaban J connectivity index is 1.80. The van der Waals surface area contributed by atoms with E-state index < -0.39 is 0 Å². The Labute approximate surface area is 129 Å². The van der Waals surface area contributed by atoms with Crippen LogP contribution in [0, 0.1) is 0 Å². The van der Waals surface area contributed by atoms with Gasteiger partial charge < -0.3 is 4.98 Å². The van der Waals surface area contributed by atoms with Crippen molar-refractivity contribution < 1.29 is 0 Å². The van der Waals surface area contributed by atoms with E-state index in [4.69, 9.17) is 11.6 Å². The molecular weight excluding hydrogens is 304 g/mol. The molecule has 0 aliphatic rings. The van der Waals surface area contributed by atoms with Gasteiger partial charge in [-0.3, -0.25) is 0 Å². The second-order valence-corrected chi connectivity index (χ2v) is 5.91. The Morgan fingerprint density at radius 1 is 1.00 bits per heavy atom. The number of H-pyrrole nitrogens is 1. The van der Waals surface area contributed by atoms with Crippen LogP contribution in [0.5, 0.6) is 0 Å². The van der Waals surface area contributed by atoms with Crippen LogP contribution >= 0.6 is 23.4 Å². The van der Waals surface area contributed by atoms with Gasteiger partial charge in [0.2, 0.25) is 5.28 Å². The summed E-state index contributed by atoms with van der Waals surface area (Å²) in [4.78, 5) is 16.7. The fraction of sp³-hybridized carbons (Fsp3) is 0. The second-order valence-electron chi connectivity index (χ2n) is 4.51. The van der Waals surface area contributed by atoms with Crippen LogP contribution in [0.2, 0.25) is 5.28 Å². The van der Waals surface area contributed by atoms with E-state index in [9.17, 15) is 0 Å². The Morgan fingerprint density at radius 3 is 2.76 bits per heavy atom. The molecule has 0 aliphatic heterocycles. The van der Waals surface area contributed by atoms with E-state index in [0.29, 0.717) is 5.65 Å². The van der Waals surface area contributed by atoms with Crippen LogP contribution < -0.4 is 0 Å². The molecular formula is C15H9ClN4S. The van der Waals surface area contributed by atoms with E-state index in [1.807, 2.05) is 12.1 Å². The quantitative estimate of drug-likeness (QED) is 0.442. The van der Waals surface area contributed by atoms with Crippen LogP contribution in [0.15, 0.2) is 58.7 Å². The third-order valence-corrected chi connectivity index (χ3v) is 4.31. The van der Waals surface area contributed by atoms with Gasteiger partial charge in [-0.15, -0.1) is 0 Å². The summed E-state index contributed by atoms with van der Waals surface area (Å²) in [6.07, 6.45) is 1.60. The number of aromatic nitrogens is 4. The van der Waals surface area contributed by atoms with Gasteiger partial charge in [-0.2, -0.15) is 4.98 Å². The molecule has 0 radical (unpaired) electrons. The monoisotopic (exact) mass is 312 g/mol. The van der Waals surface area contributed by atoms with E-state index in [0.717, 1.165) is 15.4 Å². The summed E-state index contributed by atoms with van der Waals surface area (Å²) in [5.41, 5.74) is 1.39. The van der Waals surface area contributed by atoms with Gasteiger partial charge in [0.05, 0.1) is 6.33 Å². The van der Waals surface area contributed by atoms with Crippen LogP contribution in [-0.2, 0) is 0 Å². The molecule has 0 atom stereocenters. The Hall–Kier alpha value is -2.11. The molecule has 4 rings (SSSR count). The predicted molar refractivity (Wildman–Crippen MR) is 84.8 cm³/mol. The number of rotatable bonds is 2. The molecule has 4 aromatic rings. The van der Waals surface area contributed by atoms with Gasteiger partial charge in [0.1, 0.15) is 10.5 Å². The van der Waals surface area contributed by atoms with Gasteiger partial charge in [0.25, 0.3) is 0 Å². The van der Waals surface area contributed by atoms with Gasteiger partial charge in [-0.25, -0.2) is 9.97 Å². The van der Waals surface area contributed by atoms with Crippen LogP contribution in [0.4, 0.5) is 0 Å². The highest BCUT2D eigenvalue weighted by Crippen LogP contribution is 2.32. The molecule has 0 saturated carbocycles. The first-order valence-corrected chi connectivity index (χ1v) is 7.52. The Bertz CT molecular complexity index is 951. The molecule has 0 bridgehead atoms. The lowest BCUT2D eigenvalue weighted by Crippen LogP contribution is -1.88. The molecule has 2 aromatic carbocycles. The zero-order valence-corrected chi connectivity index (χ0v) is 12.3. The SMILES string of the molecule is Clc1nc(Sc2ccc3ccccc3c2)c2[nH]cnc2n1. The number of halogens is 1. The highest BCUT2D eigenvalue weighted by molar-refractivity contribution is 7.99. The molecule has 4 nitrogen and oxygen atoms in total. The van der Waals surface area contributed by atoms with E-state index in [2.05, 4.69) is 50.3 Å². The number of imidazole rings is 1. The van der Waals surface area contributed by atoms with Gasteiger partial charge in [0.15, 0.2) is 5.65 Å². The average molecular weight is 313 g/mol. The molecule has 0 amide bonds. The maximum absolute atomic E-state index is 5.95. The first kappa shape index (κ1) is 12.6. The maximum atomic E-state index is 5.95. The summed E-state index contributed by atoms with van der Waals surface area (Å²) in [6, 6.07) is 14.6. The van der Waals surface area contributed by atoms with Crippen molar-refractivity contribution in [3.05, 3.63) is 54.1 Å². The van der Waals surface area contributed by atoms with Crippen LogP contribution in [0.3, 0.4) is 0 Å². The summed E-state index contributed by atoms with van der Waals surface area (Å²) in [5, 5.41) is 3.40. The average Bonchev–Trinajstić information content (AvgIpc) is 2.95. The molecule has 0 saturated heterocycles. The molecule has 2 heterocycles. The predicted octanol–water partition coefficient (Wildman–Crippen LogP) is 4.31.